The molecule has 4 heteroatoms. The van der Waals surface area contributed by atoms with Crippen molar-refractivity contribution >= 4 is 22.9 Å². The average molecular weight is 374 g/mol. The van der Waals surface area contributed by atoms with Crippen molar-refractivity contribution in [1.29, 1.82) is 0 Å². The van der Waals surface area contributed by atoms with Gasteiger partial charge in [-0.05, 0) is 47.7 Å². The maximum Gasteiger partial charge on any atom is 0.134 e. The van der Waals surface area contributed by atoms with Crippen molar-refractivity contribution < 1.29 is 9.15 Å². The Hall–Kier alpha value is -3.01. The molecule has 144 valence electrons. The summed E-state index contributed by atoms with van der Waals surface area (Å²) in [5.41, 5.74) is 6.38. The number of hydrogen-bond acceptors (Lipinski definition) is 4. The molecule has 0 saturated heterocycles. The van der Waals surface area contributed by atoms with Crippen molar-refractivity contribution in [2.45, 2.75) is 33.1 Å². The number of ether oxygens (including phenoxy) is 1. The third kappa shape index (κ3) is 3.19. The predicted octanol–water partition coefficient (Wildman–Crippen LogP) is 6.08. The lowest BCUT2D eigenvalue weighted by molar-refractivity contribution is 0.399. The van der Waals surface area contributed by atoms with Gasteiger partial charge in [0.1, 0.15) is 18.0 Å². The summed E-state index contributed by atoms with van der Waals surface area (Å²) in [6, 6.07) is 10.8. The molecule has 2 aromatic carbocycles. The first-order valence-electron chi connectivity index (χ1n) is 9.52. The van der Waals surface area contributed by atoms with Gasteiger partial charge in [-0.2, -0.15) is 0 Å². The summed E-state index contributed by atoms with van der Waals surface area (Å²) in [5.74, 6) is 0.906. The second-order valence-corrected chi connectivity index (χ2v) is 8.24. The third-order valence-electron chi connectivity index (χ3n) is 5.19. The molecule has 2 heterocycles. The lowest BCUT2D eigenvalue weighted by atomic mass is 9.83. The molecule has 0 atom stereocenters. The largest absolute Gasteiger partial charge is 0.496 e. The van der Waals surface area contributed by atoms with E-state index in [-0.39, 0.29) is 5.41 Å². The Kier molecular flexibility index (Phi) is 4.50. The van der Waals surface area contributed by atoms with Crippen molar-refractivity contribution in [3.05, 3.63) is 60.0 Å². The van der Waals surface area contributed by atoms with E-state index in [9.17, 15) is 0 Å². The highest BCUT2D eigenvalue weighted by atomic mass is 16.5. The molecule has 28 heavy (non-hydrogen) atoms. The van der Waals surface area contributed by atoms with Gasteiger partial charge < -0.3 is 14.1 Å². The van der Waals surface area contributed by atoms with Crippen LogP contribution in [0.3, 0.4) is 0 Å². The summed E-state index contributed by atoms with van der Waals surface area (Å²) >= 11 is 0. The van der Waals surface area contributed by atoms with Gasteiger partial charge in [0.2, 0.25) is 0 Å². The summed E-state index contributed by atoms with van der Waals surface area (Å²) in [7, 11) is 1.74. The van der Waals surface area contributed by atoms with Gasteiger partial charge in [-0.3, -0.25) is 4.99 Å². The van der Waals surface area contributed by atoms with Crippen LogP contribution in [0.4, 0.5) is 5.69 Å². The summed E-state index contributed by atoms with van der Waals surface area (Å²) in [6.45, 7) is 9.31. The van der Waals surface area contributed by atoms with Crippen LogP contribution in [-0.2, 0) is 5.41 Å². The van der Waals surface area contributed by atoms with Crippen molar-refractivity contribution in [3.63, 3.8) is 0 Å². The van der Waals surface area contributed by atoms with E-state index in [1.165, 1.54) is 5.56 Å². The molecule has 1 aliphatic rings. The van der Waals surface area contributed by atoms with Gasteiger partial charge in [-0.25, -0.2) is 0 Å². The normalized spacial score (nSPS) is 14.1. The maximum absolute atomic E-state index is 5.92. The summed E-state index contributed by atoms with van der Waals surface area (Å²) in [4.78, 5) is 6.53. The second-order valence-electron chi connectivity index (χ2n) is 8.24. The number of benzene rings is 2. The highest BCUT2D eigenvalue weighted by Gasteiger charge is 2.24. The molecule has 0 bridgehead atoms. The fraction of sp³-hybridized carbons (Fsp3) is 0.292. The van der Waals surface area contributed by atoms with Crippen LogP contribution >= 0.6 is 0 Å². The highest BCUT2D eigenvalue weighted by Crippen LogP contribution is 2.43. The van der Waals surface area contributed by atoms with E-state index in [0.29, 0.717) is 6.67 Å². The molecular formula is C24H26N2O2. The average Bonchev–Trinajstić information content (AvgIpc) is 3.07. The Bertz CT molecular complexity index is 1080. The first-order valence-corrected chi connectivity index (χ1v) is 9.52. The predicted molar refractivity (Wildman–Crippen MR) is 117 cm³/mol. The lowest BCUT2D eigenvalue weighted by Gasteiger charge is -2.28. The van der Waals surface area contributed by atoms with Gasteiger partial charge in [0.15, 0.2) is 0 Å². The zero-order chi connectivity index (χ0) is 19.9. The molecule has 4 rings (SSSR count). The van der Waals surface area contributed by atoms with Gasteiger partial charge in [0.05, 0.1) is 13.4 Å². The topological polar surface area (TPSA) is 38.0 Å². The Balaban J connectivity index is 1.94. The molecule has 0 saturated carbocycles. The highest BCUT2D eigenvalue weighted by molar-refractivity contribution is 5.88. The van der Waals surface area contributed by atoms with Crippen LogP contribution in [-0.4, -0.2) is 20.0 Å². The quantitative estimate of drug-likeness (QED) is 0.558. The van der Waals surface area contributed by atoms with Crippen molar-refractivity contribution in [3.8, 4) is 16.9 Å². The number of nitrogens with zero attached hydrogens (tertiary/aromatic N) is 2. The lowest BCUT2D eigenvalue weighted by Crippen LogP contribution is -2.20. The van der Waals surface area contributed by atoms with Crippen molar-refractivity contribution in [1.82, 2.24) is 0 Å². The van der Waals surface area contributed by atoms with Gasteiger partial charge >= 0.3 is 0 Å². The first kappa shape index (κ1) is 18.4. The number of allylic oxidation sites excluding steroid dienone is 1. The molecule has 0 spiro atoms. The molecule has 0 fully saturated rings. The number of methoxy groups -OCH3 is 1. The fourth-order valence-corrected chi connectivity index (χ4v) is 3.65. The minimum atomic E-state index is -0.0652. The number of aliphatic imine (C=N–C) groups is 1. The molecule has 0 radical (unpaired) electrons. The smallest absolute Gasteiger partial charge is 0.134 e. The maximum atomic E-state index is 5.92. The van der Waals surface area contributed by atoms with E-state index >= 15 is 0 Å². The fourth-order valence-electron chi connectivity index (χ4n) is 3.65. The minimum Gasteiger partial charge on any atom is -0.496 e. The van der Waals surface area contributed by atoms with Gasteiger partial charge in [0, 0.05) is 34.6 Å². The molecule has 1 aliphatic heterocycles. The number of hydrogen-bond donors (Lipinski definition) is 0. The number of rotatable bonds is 3. The Morgan fingerprint density at radius 1 is 1.14 bits per heavy atom. The zero-order valence-electron chi connectivity index (χ0n) is 17.1. The summed E-state index contributed by atoms with van der Waals surface area (Å²) in [5, 5.41) is 1.14. The standard InChI is InChI=1S/C24H26N2O2/c1-16-14-28-22-11-17(7-8-19(16)22)20-12-18(26-10-6-9-25-15-26)13-21(23(20)27-5)24(2,3)4/h6-14H,15H2,1-5H3. The molecule has 1 aromatic heterocycles. The first-order chi connectivity index (χ1) is 13.4. The molecule has 0 N–H and O–H groups in total. The molecule has 0 amide bonds. The van der Waals surface area contributed by atoms with E-state index in [1.807, 2.05) is 12.3 Å². The molecule has 0 unspecified atom stereocenters. The molecular weight excluding hydrogens is 348 g/mol. The zero-order valence-corrected chi connectivity index (χ0v) is 17.1. The Morgan fingerprint density at radius 3 is 2.64 bits per heavy atom. The number of anilines is 1. The van der Waals surface area contributed by atoms with Crippen LogP contribution in [0.5, 0.6) is 5.75 Å². The van der Waals surface area contributed by atoms with Crippen molar-refractivity contribution in [2.24, 2.45) is 4.99 Å². The third-order valence-corrected chi connectivity index (χ3v) is 5.19. The van der Waals surface area contributed by atoms with E-state index < -0.39 is 0 Å². The number of furan rings is 1. The van der Waals surface area contributed by atoms with Crippen LogP contribution in [0.15, 0.2) is 58.3 Å². The monoisotopic (exact) mass is 374 g/mol. The van der Waals surface area contributed by atoms with Crippen LogP contribution in [0.25, 0.3) is 22.1 Å². The van der Waals surface area contributed by atoms with Gasteiger partial charge in [-0.1, -0.05) is 32.9 Å². The second kappa shape index (κ2) is 6.86. The SMILES string of the molecule is COc1c(-c2ccc3c(C)coc3c2)cc(N2C=CC=NC2)cc1C(C)(C)C. The molecule has 3 aromatic rings. The molecule has 0 aliphatic carbocycles. The van der Waals surface area contributed by atoms with Crippen LogP contribution in [0.1, 0.15) is 31.9 Å². The summed E-state index contributed by atoms with van der Waals surface area (Å²) in [6.07, 6.45) is 7.66. The van der Waals surface area contributed by atoms with Crippen LogP contribution in [0.2, 0.25) is 0 Å². The van der Waals surface area contributed by atoms with Gasteiger partial charge in [-0.15, -0.1) is 0 Å². The minimum absolute atomic E-state index is 0.0652. The van der Waals surface area contributed by atoms with Crippen molar-refractivity contribution in [2.75, 3.05) is 18.7 Å². The van der Waals surface area contributed by atoms with E-state index in [0.717, 1.165) is 39.1 Å². The van der Waals surface area contributed by atoms with E-state index in [2.05, 4.69) is 74.1 Å². The van der Waals surface area contributed by atoms with Crippen LogP contribution in [0, 0.1) is 6.92 Å². The molecule has 4 nitrogen and oxygen atoms in total. The Morgan fingerprint density at radius 2 is 1.96 bits per heavy atom. The van der Waals surface area contributed by atoms with E-state index in [1.54, 1.807) is 13.4 Å². The number of aryl methyl sites for hydroxylation is 1. The van der Waals surface area contributed by atoms with E-state index in [4.69, 9.17) is 9.15 Å². The van der Waals surface area contributed by atoms with Gasteiger partial charge in [0.25, 0.3) is 0 Å². The summed E-state index contributed by atoms with van der Waals surface area (Å²) < 4.78 is 11.7. The Labute approximate surface area is 166 Å². The van der Waals surface area contributed by atoms with Crippen LogP contribution < -0.4 is 9.64 Å². The number of fused-ring (bicyclic) bond motifs is 1.